The molecule has 0 saturated carbocycles. The van der Waals surface area contributed by atoms with Crippen LogP contribution in [0.15, 0.2) is 77.7 Å². The van der Waals surface area contributed by atoms with Crippen LogP contribution in [0.3, 0.4) is 0 Å². The molecule has 0 bridgehead atoms. The maximum absolute atomic E-state index is 14.0. The second-order valence-corrected chi connectivity index (χ2v) is 13.2. The van der Waals surface area contributed by atoms with Gasteiger partial charge in [0.1, 0.15) is 12.6 Å². The molecule has 0 fully saturated rings. The fourth-order valence-corrected chi connectivity index (χ4v) is 5.89. The van der Waals surface area contributed by atoms with Gasteiger partial charge < -0.3 is 10.2 Å². The summed E-state index contributed by atoms with van der Waals surface area (Å²) in [5, 5.41) is 2.76. The Balaban J connectivity index is 2.14. The topological polar surface area (TPSA) is 86.8 Å². The quantitative estimate of drug-likeness (QED) is 0.287. The highest BCUT2D eigenvalue weighted by atomic mass is 35.5. The highest BCUT2D eigenvalue weighted by molar-refractivity contribution is 7.92. The molecule has 3 aromatic rings. The summed E-state index contributed by atoms with van der Waals surface area (Å²) in [6.45, 7) is 5.57. The number of nitrogens with zero attached hydrogens (tertiary/aromatic N) is 2. The predicted molar refractivity (Wildman–Crippen MR) is 157 cm³/mol. The second-order valence-electron chi connectivity index (χ2n) is 10.5. The Hall–Kier alpha value is -3.28. The molecule has 3 rings (SSSR count). The van der Waals surface area contributed by atoms with E-state index < -0.39 is 57.4 Å². The Kier molecular flexibility index (Phi) is 10.2. The van der Waals surface area contributed by atoms with Gasteiger partial charge in [-0.15, -0.1) is 0 Å². The average Bonchev–Trinajstić information content (AvgIpc) is 2.90. The van der Waals surface area contributed by atoms with Gasteiger partial charge in [0.2, 0.25) is 11.8 Å². The van der Waals surface area contributed by atoms with Gasteiger partial charge in [0, 0.05) is 17.1 Å². The van der Waals surface area contributed by atoms with Crippen molar-refractivity contribution in [2.75, 3.05) is 10.8 Å². The molecule has 3 aromatic carbocycles. The van der Waals surface area contributed by atoms with Crippen LogP contribution in [0.2, 0.25) is 10.0 Å². The van der Waals surface area contributed by atoms with Gasteiger partial charge in [0.15, 0.2) is 0 Å². The first-order valence-corrected chi connectivity index (χ1v) is 14.9. The molecule has 7 nitrogen and oxygen atoms in total. The molecule has 0 aliphatic rings. The molecule has 0 aromatic heterocycles. The first-order chi connectivity index (χ1) is 19.4. The summed E-state index contributed by atoms with van der Waals surface area (Å²) in [5.74, 6) is -1.41. The van der Waals surface area contributed by atoms with E-state index in [1.165, 1.54) is 31.2 Å². The Labute approximate surface area is 253 Å². The molecule has 0 saturated heterocycles. The average molecular weight is 645 g/mol. The van der Waals surface area contributed by atoms with Crippen molar-refractivity contribution in [3.8, 4) is 0 Å². The largest absolute Gasteiger partial charge is 0.416 e. The van der Waals surface area contributed by atoms with Crippen molar-refractivity contribution >= 4 is 50.7 Å². The van der Waals surface area contributed by atoms with Crippen LogP contribution < -0.4 is 9.62 Å². The molecule has 13 heteroatoms. The number of carbonyl (C=O) groups is 2. The van der Waals surface area contributed by atoms with Gasteiger partial charge in [-0.05, 0) is 69.7 Å². The lowest BCUT2D eigenvalue weighted by Crippen LogP contribution is -2.54. The van der Waals surface area contributed by atoms with Crippen molar-refractivity contribution in [2.24, 2.45) is 0 Å². The Morgan fingerprint density at radius 3 is 2.07 bits per heavy atom. The number of amides is 2. The zero-order valence-electron chi connectivity index (χ0n) is 23.2. The molecule has 42 heavy (non-hydrogen) atoms. The number of benzene rings is 3. The first-order valence-electron chi connectivity index (χ1n) is 12.7. The number of carbonyl (C=O) groups excluding carboxylic acids is 2. The second kappa shape index (κ2) is 12.9. The van der Waals surface area contributed by atoms with E-state index in [0.717, 1.165) is 11.0 Å². The third kappa shape index (κ3) is 8.17. The van der Waals surface area contributed by atoms with Crippen molar-refractivity contribution in [2.45, 2.75) is 56.9 Å². The van der Waals surface area contributed by atoms with E-state index in [0.29, 0.717) is 27.0 Å². The minimum Gasteiger partial charge on any atom is -0.350 e. The van der Waals surface area contributed by atoms with Gasteiger partial charge in [-0.25, -0.2) is 8.42 Å². The fraction of sp³-hybridized carbons (Fsp3) is 0.310. The van der Waals surface area contributed by atoms with E-state index >= 15 is 0 Å². The van der Waals surface area contributed by atoms with E-state index in [-0.39, 0.29) is 16.5 Å². The molecule has 226 valence electrons. The lowest BCUT2D eigenvalue weighted by molar-refractivity contribution is -0.140. The van der Waals surface area contributed by atoms with Gasteiger partial charge in [0.25, 0.3) is 10.0 Å². The number of alkyl halides is 3. The number of hydrogen-bond donors (Lipinski definition) is 1. The van der Waals surface area contributed by atoms with Crippen molar-refractivity contribution < 1.29 is 31.2 Å². The first kappa shape index (κ1) is 33.2. The summed E-state index contributed by atoms with van der Waals surface area (Å²) < 4.78 is 69.1. The molecule has 0 unspecified atom stereocenters. The van der Waals surface area contributed by atoms with Crippen LogP contribution in [-0.4, -0.2) is 43.3 Å². The number of rotatable bonds is 9. The van der Waals surface area contributed by atoms with E-state index in [2.05, 4.69) is 5.32 Å². The molecular formula is C29H30Cl2F3N3O4S. The van der Waals surface area contributed by atoms with Crippen LogP contribution in [0.5, 0.6) is 0 Å². The number of nitrogens with one attached hydrogen (secondary N) is 1. The lowest BCUT2D eigenvalue weighted by atomic mass is 10.1. The van der Waals surface area contributed by atoms with Gasteiger partial charge in [-0.1, -0.05) is 59.6 Å². The summed E-state index contributed by atoms with van der Waals surface area (Å²) in [6, 6.07) is 14.6. The highest BCUT2D eigenvalue weighted by Crippen LogP contribution is 2.37. The molecule has 1 atom stereocenters. The minimum absolute atomic E-state index is 0.188. The zero-order chi connectivity index (χ0) is 31.5. The molecule has 2 amide bonds. The lowest BCUT2D eigenvalue weighted by Gasteiger charge is -2.34. The fourth-order valence-electron chi connectivity index (χ4n) is 3.98. The minimum atomic E-state index is -4.82. The summed E-state index contributed by atoms with van der Waals surface area (Å²) in [7, 11) is -4.62. The van der Waals surface area contributed by atoms with Gasteiger partial charge >= 0.3 is 6.18 Å². The summed E-state index contributed by atoms with van der Waals surface area (Å²) >= 11 is 12.6. The van der Waals surface area contributed by atoms with Gasteiger partial charge in [-0.3, -0.25) is 13.9 Å². The number of hydrogen-bond acceptors (Lipinski definition) is 4. The highest BCUT2D eigenvalue weighted by Gasteiger charge is 2.37. The van der Waals surface area contributed by atoms with E-state index in [4.69, 9.17) is 23.2 Å². The van der Waals surface area contributed by atoms with Crippen molar-refractivity contribution in [3.05, 3.63) is 94.0 Å². The zero-order valence-corrected chi connectivity index (χ0v) is 25.6. The monoisotopic (exact) mass is 643 g/mol. The summed E-state index contributed by atoms with van der Waals surface area (Å²) in [4.78, 5) is 28.0. The maximum atomic E-state index is 14.0. The van der Waals surface area contributed by atoms with E-state index in [9.17, 15) is 31.2 Å². The molecule has 0 radical (unpaired) electrons. The SMILES string of the molecule is C[C@@H](C(=O)NC(C)(C)C)N(Cc1ccccc1Cl)C(=O)CN(c1cc(C(F)(F)F)ccc1Cl)S(=O)(=O)c1ccccc1. The molecular weight excluding hydrogens is 614 g/mol. The summed E-state index contributed by atoms with van der Waals surface area (Å²) in [5.41, 5.74) is -1.89. The van der Waals surface area contributed by atoms with Gasteiger partial charge in [0.05, 0.1) is 21.2 Å². The molecule has 0 aliphatic heterocycles. The number of anilines is 1. The normalized spacial score (nSPS) is 12.9. The Morgan fingerprint density at radius 1 is 0.905 bits per heavy atom. The third-order valence-corrected chi connectivity index (χ3v) is 8.58. The van der Waals surface area contributed by atoms with Gasteiger partial charge in [-0.2, -0.15) is 13.2 Å². The van der Waals surface area contributed by atoms with E-state index in [1.807, 2.05) is 0 Å². The van der Waals surface area contributed by atoms with E-state index in [1.54, 1.807) is 51.1 Å². The maximum Gasteiger partial charge on any atom is 0.416 e. The Morgan fingerprint density at radius 2 is 1.50 bits per heavy atom. The summed E-state index contributed by atoms with van der Waals surface area (Å²) in [6.07, 6.45) is -4.82. The Bertz CT molecular complexity index is 1550. The van der Waals surface area contributed by atoms with Crippen LogP contribution >= 0.6 is 23.2 Å². The van der Waals surface area contributed by atoms with Crippen molar-refractivity contribution in [1.82, 2.24) is 10.2 Å². The van der Waals surface area contributed by atoms with Crippen LogP contribution in [0.25, 0.3) is 0 Å². The van der Waals surface area contributed by atoms with Crippen LogP contribution in [0.4, 0.5) is 18.9 Å². The van der Waals surface area contributed by atoms with Crippen LogP contribution in [0.1, 0.15) is 38.8 Å². The molecule has 0 spiro atoms. The van der Waals surface area contributed by atoms with Crippen LogP contribution in [-0.2, 0) is 32.3 Å². The number of halogens is 5. The molecule has 1 N–H and O–H groups in total. The smallest absolute Gasteiger partial charge is 0.350 e. The molecule has 0 aliphatic carbocycles. The molecule has 0 heterocycles. The third-order valence-electron chi connectivity index (χ3n) is 6.12. The van der Waals surface area contributed by atoms with Crippen molar-refractivity contribution in [1.29, 1.82) is 0 Å². The predicted octanol–water partition coefficient (Wildman–Crippen LogP) is 6.54. The number of sulfonamides is 1. The van der Waals surface area contributed by atoms with Crippen LogP contribution in [0, 0.1) is 0 Å². The van der Waals surface area contributed by atoms with Crippen molar-refractivity contribution in [3.63, 3.8) is 0 Å². The standard InChI is InChI=1S/C29H30Cl2F3N3O4S/c1-19(27(39)35-28(2,3)4)36(17-20-10-8-9-13-23(20)30)26(38)18-37(42(40,41)22-11-6-5-7-12-22)25-16-21(29(32,33)34)14-15-24(25)31/h5-16,19H,17-18H2,1-4H3,(H,35,39)/t19-/m0/s1.